The van der Waals surface area contributed by atoms with Crippen LogP contribution in [0.25, 0.3) is 0 Å². The quantitative estimate of drug-likeness (QED) is 0.761. The molecule has 3 atom stereocenters. The zero-order valence-corrected chi connectivity index (χ0v) is 9.08. The zero-order valence-electron chi connectivity index (χ0n) is 9.08. The van der Waals surface area contributed by atoms with E-state index in [9.17, 15) is 4.79 Å². The number of carbonyl (C=O) groups is 1. The Kier molecular flexibility index (Phi) is 2.43. The van der Waals surface area contributed by atoms with E-state index in [0.29, 0.717) is 5.92 Å². The van der Waals surface area contributed by atoms with Crippen LogP contribution in [-0.4, -0.2) is 25.2 Å². The predicted octanol–water partition coefficient (Wildman–Crippen LogP) is 1.33. The third-order valence-corrected chi connectivity index (χ3v) is 4.14. The minimum Gasteiger partial charge on any atom is -0.376 e. The van der Waals surface area contributed by atoms with Gasteiger partial charge in [0.05, 0.1) is 6.10 Å². The van der Waals surface area contributed by atoms with Crippen molar-refractivity contribution < 1.29 is 9.53 Å². The molecule has 15 heavy (non-hydrogen) atoms. The molecule has 1 aliphatic heterocycles. The fraction of sp³-hybridized carbons (Fsp3) is 0.917. The van der Waals surface area contributed by atoms with Crippen molar-refractivity contribution in [1.29, 1.82) is 0 Å². The van der Waals surface area contributed by atoms with Crippen molar-refractivity contribution in [3.63, 3.8) is 0 Å². The average Bonchev–Trinajstić information content (AvgIpc) is 2.75. The summed E-state index contributed by atoms with van der Waals surface area (Å²) in [5.41, 5.74) is 0. The molecule has 3 rings (SSSR count). The number of fused-ring (bicyclic) bond motifs is 1. The van der Waals surface area contributed by atoms with Crippen LogP contribution in [0.3, 0.4) is 0 Å². The van der Waals surface area contributed by atoms with Crippen molar-refractivity contribution >= 4 is 5.91 Å². The van der Waals surface area contributed by atoms with Crippen LogP contribution < -0.4 is 5.32 Å². The van der Waals surface area contributed by atoms with Crippen LogP contribution in [0, 0.1) is 17.8 Å². The molecule has 0 spiro atoms. The highest BCUT2D eigenvalue weighted by Gasteiger charge is 2.47. The van der Waals surface area contributed by atoms with Crippen molar-refractivity contribution in [1.82, 2.24) is 5.32 Å². The van der Waals surface area contributed by atoms with Crippen molar-refractivity contribution in [3.8, 4) is 0 Å². The molecule has 1 amide bonds. The molecular weight excluding hydrogens is 190 g/mol. The van der Waals surface area contributed by atoms with Gasteiger partial charge in [0.2, 0.25) is 5.91 Å². The molecule has 2 saturated carbocycles. The maximum absolute atomic E-state index is 11.8. The fourth-order valence-corrected chi connectivity index (χ4v) is 3.09. The molecule has 0 radical (unpaired) electrons. The number of nitrogens with one attached hydrogen (secondary N) is 1. The summed E-state index contributed by atoms with van der Waals surface area (Å²) in [5.74, 6) is 2.37. The number of hydrogen-bond acceptors (Lipinski definition) is 2. The minimum absolute atomic E-state index is 0.276. The number of rotatable bonds is 3. The Morgan fingerprint density at radius 1 is 1.27 bits per heavy atom. The summed E-state index contributed by atoms with van der Waals surface area (Å²) in [6, 6.07) is 0. The Labute approximate surface area is 90.6 Å². The Morgan fingerprint density at radius 3 is 2.73 bits per heavy atom. The van der Waals surface area contributed by atoms with E-state index in [-0.39, 0.29) is 12.0 Å². The van der Waals surface area contributed by atoms with E-state index >= 15 is 0 Å². The second-order valence-electron chi connectivity index (χ2n) is 5.30. The fourth-order valence-electron chi connectivity index (χ4n) is 3.09. The van der Waals surface area contributed by atoms with Crippen LogP contribution in [0.4, 0.5) is 0 Å². The van der Waals surface area contributed by atoms with Gasteiger partial charge < -0.3 is 10.1 Å². The molecule has 3 unspecified atom stereocenters. The number of amides is 1. The molecule has 3 heteroatoms. The topological polar surface area (TPSA) is 38.3 Å². The van der Waals surface area contributed by atoms with Crippen LogP contribution in [0.2, 0.25) is 0 Å². The molecule has 0 aromatic carbocycles. The highest BCUT2D eigenvalue weighted by Crippen LogP contribution is 2.54. The first-order valence-corrected chi connectivity index (χ1v) is 6.22. The number of hydrogen-bond donors (Lipinski definition) is 1. The molecule has 0 aromatic rings. The second-order valence-corrected chi connectivity index (χ2v) is 5.30. The van der Waals surface area contributed by atoms with Gasteiger partial charge in [-0.3, -0.25) is 4.79 Å². The van der Waals surface area contributed by atoms with E-state index in [1.54, 1.807) is 0 Å². The second kappa shape index (κ2) is 3.78. The summed E-state index contributed by atoms with van der Waals surface area (Å²) in [4.78, 5) is 11.8. The number of carbonyl (C=O) groups excluding carboxylic acids is 1. The van der Waals surface area contributed by atoms with E-state index in [1.165, 1.54) is 6.42 Å². The molecule has 1 heterocycles. The van der Waals surface area contributed by atoms with Crippen molar-refractivity contribution in [2.75, 3.05) is 13.2 Å². The van der Waals surface area contributed by atoms with Crippen LogP contribution >= 0.6 is 0 Å². The third kappa shape index (κ3) is 2.03. The summed E-state index contributed by atoms with van der Waals surface area (Å²) < 4.78 is 5.48. The van der Waals surface area contributed by atoms with Gasteiger partial charge in [-0.15, -0.1) is 0 Å². The Hall–Kier alpha value is -0.570. The van der Waals surface area contributed by atoms with Crippen molar-refractivity contribution in [3.05, 3.63) is 0 Å². The molecule has 1 saturated heterocycles. The summed E-state index contributed by atoms with van der Waals surface area (Å²) in [6.07, 6.45) is 6.20. The van der Waals surface area contributed by atoms with E-state index in [4.69, 9.17) is 4.74 Å². The van der Waals surface area contributed by atoms with Gasteiger partial charge in [-0.25, -0.2) is 0 Å². The van der Waals surface area contributed by atoms with Gasteiger partial charge in [-0.1, -0.05) is 0 Å². The van der Waals surface area contributed by atoms with Gasteiger partial charge in [-0.2, -0.15) is 0 Å². The van der Waals surface area contributed by atoms with E-state index in [1.807, 2.05) is 0 Å². The van der Waals surface area contributed by atoms with Crippen LogP contribution in [0.5, 0.6) is 0 Å². The first-order chi connectivity index (χ1) is 7.33. The third-order valence-electron chi connectivity index (χ3n) is 4.14. The van der Waals surface area contributed by atoms with Gasteiger partial charge in [-0.05, 0) is 43.9 Å². The highest BCUT2D eigenvalue weighted by molar-refractivity contribution is 5.79. The largest absolute Gasteiger partial charge is 0.376 e. The highest BCUT2D eigenvalue weighted by atomic mass is 16.5. The summed E-state index contributed by atoms with van der Waals surface area (Å²) in [7, 11) is 0. The van der Waals surface area contributed by atoms with E-state index in [0.717, 1.165) is 50.7 Å². The molecule has 3 fully saturated rings. The molecule has 0 aromatic heterocycles. The van der Waals surface area contributed by atoms with E-state index in [2.05, 4.69) is 5.32 Å². The maximum atomic E-state index is 11.8. The van der Waals surface area contributed by atoms with Gasteiger partial charge in [0.15, 0.2) is 0 Å². The summed E-state index contributed by atoms with van der Waals surface area (Å²) >= 11 is 0. The van der Waals surface area contributed by atoms with Crippen LogP contribution in [0.15, 0.2) is 0 Å². The molecule has 2 aliphatic carbocycles. The van der Waals surface area contributed by atoms with Crippen molar-refractivity contribution in [2.24, 2.45) is 17.8 Å². The smallest absolute Gasteiger partial charge is 0.223 e. The van der Waals surface area contributed by atoms with Gasteiger partial charge in [0.1, 0.15) is 0 Å². The normalized spacial score (nSPS) is 42.7. The van der Waals surface area contributed by atoms with Crippen LogP contribution in [0.1, 0.15) is 32.1 Å². The molecule has 84 valence electrons. The Morgan fingerprint density at radius 2 is 2.07 bits per heavy atom. The number of ether oxygens (including phenoxy) is 1. The minimum atomic E-state index is 0.276. The van der Waals surface area contributed by atoms with Gasteiger partial charge in [0.25, 0.3) is 0 Å². The lowest BCUT2D eigenvalue weighted by atomic mass is 10.0. The Bertz CT molecular complexity index is 250. The lowest BCUT2D eigenvalue weighted by Gasteiger charge is -2.15. The zero-order chi connectivity index (χ0) is 10.3. The molecule has 0 bridgehead atoms. The predicted molar refractivity (Wildman–Crippen MR) is 56.3 cm³/mol. The lowest BCUT2D eigenvalue weighted by Crippen LogP contribution is -2.35. The maximum Gasteiger partial charge on any atom is 0.223 e. The van der Waals surface area contributed by atoms with Crippen LogP contribution in [-0.2, 0) is 9.53 Å². The monoisotopic (exact) mass is 209 g/mol. The Balaban J connectivity index is 1.41. The standard InChI is InChI=1S/C12H19NO2/c14-12(10-5-8-4-9(8)6-10)13-7-11-2-1-3-15-11/h8-11H,1-7H2,(H,13,14). The first-order valence-electron chi connectivity index (χ1n) is 6.22. The summed E-state index contributed by atoms with van der Waals surface area (Å²) in [5, 5.41) is 3.04. The van der Waals surface area contributed by atoms with Gasteiger partial charge in [0, 0.05) is 19.1 Å². The average molecular weight is 209 g/mol. The lowest BCUT2D eigenvalue weighted by molar-refractivity contribution is -0.125. The molecule has 3 nitrogen and oxygen atoms in total. The molecule has 1 N–H and O–H groups in total. The SMILES string of the molecule is O=C(NCC1CCCO1)C1CC2CC2C1. The summed E-state index contributed by atoms with van der Waals surface area (Å²) in [6.45, 7) is 1.60. The van der Waals surface area contributed by atoms with Crippen molar-refractivity contribution in [2.45, 2.75) is 38.2 Å². The molecular formula is C12H19NO2. The molecule has 3 aliphatic rings. The first kappa shape index (κ1) is 9.64. The van der Waals surface area contributed by atoms with Gasteiger partial charge >= 0.3 is 0 Å². The van der Waals surface area contributed by atoms with E-state index < -0.39 is 0 Å².